The fourth-order valence-corrected chi connectivity index (χ4v) is 16.8. The molecule has 93 heavy (non-hydrogen) atoms. The van der Waals surface area contributed by atoms with E-state index in [-0.39, 0.29) is 10.8 Å². The Bertz CT molecular complexity index is 3600. The molecule has 9 aromatic carbocycles. The summed E-state index contributed by atoms with van der Waals surface area (Å²) in [6.45, 7) is 9.34. The van der Waals surface area contributed by atoms with E-state index in [1.807, 2.05) is 0 Å². The molecule has 0 N–H and O–H groups in total. The van der Waals surface area contributed by atoms with Crippen LogP contribution in [0.3, 0.4) is 0 Å². The number of rotatable bonds is 36. The third kappa shape index (κ3) is 14.4. The molecule has 0 atom stereocenters. The summed E-state index contributed by atoms with van der Waals surface area (Å²) >= 11 is 1.37. The van der Waals surface area contributed by atoms with Gasteiger partial charge in [0.2, 0.25) is 0 Å². The van der Waals surface area contributed by atoms with E-state index in [2.05, 4.69) is 244 Å². The number of unbranched alkanes of at least 4 members (excludes halogenated alkanes) is 20. The first kappa shape index (κ1) is 65.5. The van der Waals surface area contributed by atoms with Gasteiger partial charge in [0, 0.05) is 56.1 Å². The quantitative estimate of drug-likeness (QED) is 0.0366. The number of anilines is 6. The highest BCUT2D eigenvalue weighted by Gasteiger charge is 2.45. The van der Waals surface area contributed by atoms with Crippen LogP contribution in [-0.2, 0) is 10.8 Å². The first-order valence-corrected chi connectivity index (χ1v) is 37.4. The van der Waals surface area contributed by atoms with Gasteiger partial charge >= 0.3 is 0 Å². The second-order valence-electron chi connectivity index (χ2n) is 27.4. The normalized spacial score (nSPS) is 13.2. The molecule has 0 radical (unpaired) electrons. The van der Waals surface area contributed by atoms with E-state index in [4.69, 9.17) is 8.75 Å². The Morgan fingerprint density at radius 1 is 0.258 bits per heavy atom. The number of para-hydroxylation sites is 4. The van der Waals surface area contributed by atoms with E-state index in [0.717, 1.165) is 36.7 Å². The van der Waals surface area contributed by atoms with Crippen LogP contribution in [0.5, 0.6) is 0 Å². The smallest absolute Gasteiger partial charge is 0.113 e. The average Bonchev–Trinajstić information content (AvgIpc) is 1.58. The molecular weight excluding hydrogens is 1150 g/mol. The Balaban J connectivity index is 0.955. The Kier molecular flexibility index (Phi) is 22.5. The van der Waals surface area contributed by atoms with Gasteiger partial charge in [-0.3, -0.25) is 0 Å². The van der Waals surface area contributed by atoms with Gasteiger partial charge in [-0.1, -0.05) is 303 Å². The highest BCUT2D eigenvalue weighted by atomic mass is 32.1. The zero-order valence-corrected chi connectivity index (χ0v) is 57.4. The predicted octanol–water partition coefficient (Wildman–Crippen LogP) is 27.5. The maximum Gasteiger partial charge on any atom is 0.113 e. The molecule has 4 nitrogen and oxygen atoms in total. The molecule has 0 saturated heterocycles. The highest BCUT2D eigenvalue weighted by Crippen LogP contribution is 2.59. The molecule has 0 unspecified atom stereocenters. The number of aromatic nitrogens is 2. The van der Waals surface area contributed by atoms with Crippen molar-refractivity contribution in [2.24, 2.45) is 0 Å². The van der Waals surface area contributed by atoms with Gasteiger partial charge in [0.15, 0.2) is 0 Å². The monoisotopic (exact) mass is 1250 g/mol. The first-order valence-electron chi connectivity index (χ1n) is 36.7. The molecule has 0 amide bonds. The van der Waals surface area contributed by atoms with Gasteiger partial charge in [0.1, 0.15) is 11.0 Å². The van der Waals surface area contributed by atoms with E-state index in [1.54, 1.807) is 0 Å². The fourth-order valence-electron chi connectivity index (χ4n) is 16.3. The van der Waals surface area contributed by atoms with Crippen LogP contribution >= 0.6 is 11.7 Å². The lowest BCUT2D eigenvalue weighted by atomic mass is 9.70. The van der Waals surface area contributed by atoms with Crippen molar-refractivity contribution >= 4 is 56.9 Å². The minimum atomic E-state index is -0.133. The van der Waals surface area contributed by atoms with Crippen LogP contribution in [0.4, 0.5) is 34.1 Å². The fraction of sp³-hybridized carbons (Fsp3) is 0.386. The lowest BCUT2D eigenvalue weighted by molar-refractivity contribution is 0.398. The summed E-state index contributed by atoms with van der Waals surface area (Å²) in [6, 6.07) is 78.7. The van der Waals surface area contributed by atoms with Crippen LogP contribution in [0.2, 0.25) is 0 Å². The molecule has 12 rings (SSSR count). The van der Waals surface area contributed by atoms with Crippen LogP contribution in [0, 0.1) is 0 Å². The topological polar surface area (TPSA) is 32.3 Å². The maximum absolute atomic E-state index is 5.28. The molecule has 0 saturated carbocycles. The summed E-state index contributed by atoms with van der Waals surface area (Å²) < 4.78 is 10.6. The largest absolute Gasteiger partial charge is 0.310 e. The van der Waals surface area contributed by atoms with E-state index < -0.39 is 0 Å². The molecule has 0 spiro atoms. The van der Waals surface area contributed by atoms with Gasteiger partial charge < -0.3 is 9.80 Å². The molecule has 10 aromatic rings. The third-order valence-corrected chi connectivity index (χ3v) is 21.7. The minimum Gasteiger partial charge on any atom is -0.310 e. The van der Waals surface area contributed by atoms with Crippen molar-refractivity contribution in [3.8, 4) is 44.5 Å². The number of hydrogen-bond donors (Lipinski definition) is 0. The van der Waals surface area contributed by atoms with Crippen LogP contribution < -0.4 is 9.80 Å². The van der Waals surface area contributed by atoms with Gasteiger partial charge in [-0.25, -0.2) is 0 Å². The van der Waals surface area contributed by atoms with Crippen molar-refractivity contribution in [2.45, 2.75) is 218 Å². The second-order valence-corrected chi connectivity index (χ2v) is 27.9. The standard InChI is InChI=1S/C88H102N4S/c1-5-9-13-17-21-37-59-87(60-38-22-18-14-10-6-2)81-63-67(49-53-77(81)79-55-51-73(65-83(79)87)91(69-41-29-25-30-42-69)70-43-31-26-32-44-70)75-57-58-76(86-85(75)89-93-90-86)68-50-54-78-80-56-52-74(92(71-45-33-27-34-46-71)72-47-35-28-36-48-72)66-84(80)88(82(78)64-68,61-39-23-19-15-11-7-3)62-40-24-20-16-12-8-4/h25-36,41-58,63-66H,5-24,37-40,59-62H2,1-4H3. The SMILES string of the molecule is CCCCCCCCC1(CCCCCCCC)c2cc(-c3ccc(-c4ccc5c(c4)C(CCCCCCCC)(CCCCCCCC)c4cc(N(c6ccccc6)c6ccccc6)ccc4-5)c4nsnc34)ccc2-c2ccc(N(c3ccccc3)c3ccccc3)cc21. The van der Waals surface area contributed by atoms with Crippen molar-refractivity contribution < 1.29 is 0 Å². The van der Waals surface area contributed by atoms with Crippen molar-refractivity contribution in [2.75, 3.05) is 9.80 Å². The van der Waals surface area contributed by atoms with Gasteiger partial charge in [-0.2, -0.15) is 8.75 Å². The van der Waals surface area contributed by atoms with Crippen LogP contribution in [0.25, 0.3) is 55.5 Å². The van der Waals surface area contributed by atoms with Crippen molar-refractivity contribution in [1.82, 2.24) is 8.75 Å². The molecule has 0 fully saturated rings. The lowest BCUT2D eigenvalue weighted by Gasteiger charge is -2.34. The zero-order valence-electron chi connectivity index (χ0n) is 56.6. The average molecular weight is 1250 g/mol. The molecule has 0 bridgehead atoms. The molecule has 1 aromatic heterocycles. The predicted molar refractivity (Wildman–Crippen MR) is 402 cm³/mol. The van der Waals surface area contributed by atoms with Gasteiger partial charge in [0.05, 0.1) is 11.7 Å². The van der Waals surface area contributed by atoms with Crippen LogP contribution in [-0.4, -0.2) is 8.75 Å². The highest BCUT2D eigenvalue weighted by molar-refractivity contribution is 7.00. The summed E-state index contributed by atoms with van der Waals surface area (Å²) in [5.74, 6) is 0. The van der Waals surface area contributed by atoms with Crippen molar-refractivity contribution in [3.63, 3.8) is 0 Å². The Morgan fingerprint density at radius 2 is 0.516 bits per heavy atom. The maximum atomic E-state index is 5.28. The summed E-state index contributed by atoms with van der Waals surface area (Å²) in [4.78, 5) is 4.94. The van der Waals surface area contributed by atoms with Gasteiger partial charge in [-0.15, -0.1) is 0 Å². The first-order chi connectivity index (χ1) is 46.0. The third-order valence-electron chi connectivity index (χ3n) is 21.1. The molecular formula is C88H102N4S. The van der Waals surface area contributed by atoms with Crippen LogP contribution in [0.15, 0.2) is 206 Å². The summed E-state index contributed by atoms with van der Waals surface area (Å²) in [7, 11) is 0. The summed E-state index contributed by atoms with van der Waals surface area (Å²) in [5, 5.41) is 0. The summed E-state index contributed by atoms with van der Waals surface area (Å²) in [5.41, 5.74) is 25.4. The minimum absolute atomic E-state index is 0.133. The number of nitrogens with zero attached hydrogens (tertiary/aromatic N) is 4. The molecule has 480 valence electrons. The Morgan fingerprint density at radius 3 is 0.817 bits per heavy atom. The second kappa shape index (κ2) is 32.0. The van der Waals surface area contributed by atoms with Crippen LogP contribution in [0.1, 0.15) is 230 Å². The zero-order chi connectivity index (χ0) is 63.7. The van der Waals surface area contributed by atoms with Gasteiger partial charge in [0.25, 0.3) is 0 Å². The van der Waals surface area contributed by atoms with Crippen molar-refractivity contribution in [1.29, 1.82) is 0 Å². The molecule has 5 heteroatoms. The van der Waals surface area contributed by atoms with E-state index >= 15 is 0 Å². The molecule has 2 aliphatic rings. The number of hydrogen-bond acceptors (Lipinski definition) is 5. The number of benzene rings is 9. The Hall–Kier alpha value is -7.60. The molecule has 2 aliphatic carbocycles. The molecule has 0 aliphatic heterocycles. The van der Waals surface area contributed by atoms with E-state index in [9.17, 15) is 0 Å². The Labute approximate surface area is 563 Å². The number of fused-ring (bicyclic) bond motifs is 7. The summed E-state index contributed by atoms with van der Waals surface area (Å²) in [6.07, 6.45) is 35.4. The molecule has 1 heterocycles. The van der Waals surface area contributed by atoms with Crippen molar-refractivity contribution in [3.05, 3.63) is 229 Å². The van der Waals surface area contributed by atoms with Gasteiger partial charge in [-0.05, 0) is 166 Å². The van der Waals surface area contributed by atoms with E-state index in [1.165, 1.54) is 267 Å². The van der Waals surface area contributed by atoms with E-state index in [0.29, 0.717) is 0 Å². The lowest BCUT2D eigenvalue weighted by Crippen LogP contribution is -2.26.